The fraction of sp³-hybridized carbons (Fsp3) is 0.462. The molecule has 0 aromatic heterocycles. The van der Waals surface area contributed by atoms with Crippen molar-refractivity contribution in [3.63, 3.8) is 0 Å². The van der Waals surface area contributed by atoms with Crippen LogP contribution < -0.4 is 0 Å². The third-order valence-electron chi connectivity index (χ3n) is 3.09. The van der Waals surface area contributed by atoms with Gasteiger partial charge in [-0.25, -0.2) is 0 Å². The lowest BCUT2D eigenvalue weighted by atomic mass is 10.0. The maximum absolute atomic E-state index is 12.2. The molecule has 1 amide bonds. The van der Waals surface area contributed by atoms with Crippen LogP contribution >= 0.6 is 15.9 Å². The lowest BCUT2D eigenvalue weighted by Crippen LogP contribution is -2.38. The molecule has 3 nitrogen and oxygen atoms in total. The number of nitrogens with zero attached hydrogens (tertiary/aromatic N) is 1. The fourth-order valence-corrected chi connectivity index (χ4v) is 1.86. The molecule has 0 bridgehead atoms. The summed E-state index contributed by atoms with van der Waals surface area (Å²) in [5.41, 5.74) is 0.328. The van der Waals surface area contributed by atoms with E-state index in [9.17, 15) is 9.90 Å². The van der Waals surface area contributed by atoms with Gasteiger partial charge in [-0.3, -0.25) is 4.79 Å². The average molecular weight is 300 g/mol. The Hall–Kier alpha value is -1.03. The van der Waals surface area contributed by atoms with E-state index in [1.165, 1.54) is 6.07 Å². The van der Waals surface area contributed by atoms with E-state index in [0.29, 0.717) is 11.5 Å². The summed E-state index contributed by atoms with van der Waals surface area (Å²) in [5.74, 6) is 0.226. The van der Waals surface area contributed by atoms with E-state index in [4.69, 9.17) is 0 Å². The van der Waals surface area contributed by atoms with E-state index in [1.54, 1.807) is 24.1 Å². The zero-order valence-electron chi connectivity index (χ0n) is 10.6. The van der Waals surface area contributed by atoms with E-state index < -0.39 is 0 Å². The summed E-state index contributed by atoms with van der Waals surface area (Å²) in [6, 6.07) is 4.99. The van der Waals surface area contributed by atoms with E-state index in [-0.39, 0.29) is 17.7 Å². The molecule has 1 aromatic carbocycles. The van der Waals surface area contributed by atoms with Gasteiger partial charge in [-0.2, -0.15) is 0 Å². The molecule has 0 aliphatic carbocycles. The highest BCUT2D eigenvalue weighted by atomic mass is 79.9. The highest BCUT2D eigenvalue weighted by Gasteiger charge is 2.22. The van der Waals surface area contributed by atoms with Crippen molar-refractivity contribution < 1.29 is 9.90 Å². The molecule has 1 rings (SSSR count). The van der Waals surface area contributed by atoms with E-state index in [0.717, 1.165) is 4.47 Å². The van der Waals surface area contributed by atoms with Gasteiger partial charge in [0.2, 0.25) is 0 Å². The molecule has 0 spiro atoms. The second-order valence-corrected chi connectivity index (χ2v) is 5.48. The van der Waals surface area contributed by atoms with Crippen LogP contribution in [0, 0.1) is 5.92 Å². The predicted octanol–water partition coefficient (Wildman–Crippen LogP) is 3.27. The van der Waals surface area contributed by atoms with Gasteiger partial charge in [0.05, 0.1) is 5.56 Å². The van der Waals surface area contributed by atoms with Crippen molar-refractivity contribution in [2.24, 2.45) is 5.92 Å². The van der Waals surface area contributed by atoms with Crippen molar-refractivity contribution >= 4 is 21.8 Å². The number of carbonyl (C=O) groups is 1. The lowest BCUT2D eigenvalue weighted by Gasteiger charge is -2.28. The molecule has 0 fully saturated rings. The Balaban J connectivity index is 3.00. The molecular weight excluding hydrogens is 282 g/mol. The summed E-state index contributed by atoms with van der Waals surface area (Å²) < 4.78 is 0.782. The fourth-order valence-electron chi connectivity index (χ4n) is 1.50. The third kappa shape index (κ3) is 3.22. The maximum Gasteiger partial charge on any atom is 0.257 e. The van der Waals surface area contributed by atoms with Crippen LogP contribution in [0.1, 0.15) is 31.1 Å². The number of aromatic hydroxyl groups is 1. The number of carbonyl (C=O) groups excluding carboxylic acids is 1. The van der Waals surface area contributed by atoms with Crippen LogP contribution in [-0.4, -0.2) is 29.0 Å². The highest BCUT2D eigenvalue weighted by molar-refractivity contribution is 9.10. The number of amides is 1. The van der Waals surface area contributed by atoms with Crippen LogP contribution in [0.3, 0.4) is 0 Å². The molecular formula is C13H18BrNO2. The van der Waals surface area contributed by atoms with Gasteiger partial charge in [-0.15, -0.1) is 0 Å². The molecule has 0 saturated heterocycles. The van der Waals surface area contributed by atoms with Crippen LogP contribution in [0.2, 0.25) is 0 Å². The molecule has 0 heterocycles. The minimum Gasteiger partial charge on any atom is -0.507 e. The van der Waals surface area contributed by atoms with E-state index in [1.807, 2.05) is 6.92 Å². The zero-order chi connectivity index (χ0) is 13.2. The van der Waals surface area contributed by atoms with Gasteiger partial charge >= 0.3 is 0 Å². The van der Waals surface area contributed by atoms with Gasteiger partial charge in [0.1, 0.15) is 5.75 Å². The molecule has 4 heteroatoms. The van der Waals surface area contributed by atoms with Crippen molar-refractivity contribution in [1.82, 2.24) is 4.90 Å². The van der Waals surface area contributed by atoms with Crippen LogP contribution in [0.25, 0.3) is 0 Å². The Bertz CT molecular complexity index is 418. The molecule has 0 aliphatic rings. The van der Waals surface area contributed by atoms with Crippen molar-refractivity contribution in [2.75, 3.05) is 7.05 Å². The molecule has 0 aliphatic heterocycles. The van der Waals surface area contributed by atoms with Gasteiger partial charge in [0, 0.05) is 17.6 Å². The highest BCUT2D eigenvalue weighted by Crippen LogP contribution is 2.24. The molecule has 17 heavy (non-hydrogen) atoms. The number of benzene rings is 1. The lowest BCUT2D eigenvalue weighted by molar-refractivity contribution is 0.0704. The topological polar surface area (TPSA) is 40.5 Å². The Labute approximate surface area is 111 Å². The van der Waals surface area contributed by atoms with Crippen LogP contribution in [0.5, 0.6) is 5.75 Å². The number of phenols is 1. The maximum atomic E-state index is 12.2. The van der Waals surface area contributed by atoms with Crippen molar-refractivity contribution in [1.29, 1.82) is 0 Å². The molecule has 0 radical (unpaired) electrons. The Morgan fingerprint density at radius 2 is 1.94 bits per heavy atom. The van der Waals surface area contributed by atoms with E-state index >= 15 is 0 Å². The van der Waals surface area contributed by atoms with Crippen LogP contribution in [0.15, 0.2) is 22.7 Å². The van der Waals surface area contributed by atoms with Crippen LogP contribution in [-0.2, 0) is 0 Å². The normalized spacial score (nSPS) is 12.6. The molecule has 1 unspecified atom stereocenters. The number of halogens is 1. The SMILES string of the molecule is CC(C)C(C)N(C)C(=O)c1cc(Br)ccc1O. The summed E-state index contributed by atoms with van der Waals surface area (Å²) in [7, 11) is 1.76. The summed E-state index contributed by atoms with van der Waals surface area (Å²) in [5, 5.41) is 9.71. The smallest absolute Gasteiger partial charge is 0.257 e. The van der Waals surface area contributed by atoms with E-state index in [2.05, 4.69) is 29.8 Å². The molecule has 1 atom stereocenters. The Morgan fingerprint density at radius 1 is 1.35 bits per heavy atom. The first-order chi connectivity index (χ1) is 7.84. The first-order valence-electron chi connectivity index (χ1n) is 5.60. The monoisotopic (exact) mass is 299 g/mol. The number of phenolic OH excluding ortho intramolecular Hbond substituents is 1. The van der Waals surface area contributed by atoms with Gasteiger partial charge in [-0.05, 0) is 31.0 Å². The summed E-state index contributed by atoms with van der Waals surface area (Å²) in [4.78, 5) is 13.9. The first kappa shape index (κ1) is 14.0. The van der Waals surface area contributed by atoms with Gasteiger partial charge < -0.3 is 10.0 Å². The molecule has 1 N–H and O–H groups in total. The van der Waals surface area contributed by atoms with Crippen molar-refractivity contribution in [3.05, 3.63) is 28.2 Å². The number of rotatable bonds is 3. The standard InChI is InChI=1S/C13H18BrNO2/c1-8(2)9(3)15(4)13(17)11-7-10(14)5-6-12(11)16/h5-9,16H,1-4H3. The number of hydrogen-bond donors (Lipinski definition) is 1. The molecule has 94 valence electrons. The zero-order valence-corrected chi connectivity index (χ0v) is 12.2. The number of hydrogen-bond acceptors (Lipinski definition) is 2. The van der Waals surface area contributed by atoms with Crippen LogP contribution in [0.4, 0.5) is 0 Å². The quantitative estimate of drug-likeness (QED) is 0.930. The summed E-state index contributed by atoms with van der Waals surface area (Å²) >= 11 is 3.30. The van der Waals surface area contributed by atoms with Gasteiger partial charge in [-0.1, -0.05) is 29.8 Å². The second kappa shape index (κ2) is 5.54. The molecule has 1 aromatic rings. The first-order valence-corrected chi connectivity index (χ1v) is 6.39. The Kier molecular flexibility index (Phi) is 4.57. The summed E-state index contributed by atoms with van der Waals surface area (Å²) in [6.07, 6.45) is 0. The minimum atomic E-state index is -0.162. The third-order valence-corrected chi connectivity index (χ3v) is 3.58. The Morgan fingerprint density at radius 3 is 2.47 bits per heavy atom. The molecule has 0 saturated carbocycles. The van der Waals surface area contributed by atoms with Gasteiger partial charge in [0.15, 0.2) is 0 Å². The largest absolute Gasteiger partial charge is 0.507 e. The predicted molar refractivity (Wildman–Crippen MR) is 72.2 cm³/mol. The van der Waals surface area contributed by atoms with Crippen molar-refractivity contribution in [3.8, 4) is 5.75 Å². The second-order valence-electron chi connectivity index (χ2n) is 4.56. The van der Waals surface area contributed by atoms with Crippen molar-refractivity contribution in [2.45, 2.75) is 26.8 Å². The minimum absolute atomic E-state index is 0.0148. The summed E-state index contributed by atoms with van der Waals surface area (Å²) in [6.45, 7) is 6.13. The average Bonchev–Trinajstić information content (AvgIpc) is 2.29. The van der Waals surface area contributed by atoms with Gasteiger partial charge in [0.25, 0.3) is 5.91 Å².